The van der Waals surface area contributed by atoms with Crippen LogP contribution in [-0.4, -0.2) is 18.3 Å². The summed E-state index contributed by atoms with van der Waals surface area (Å²) in [4.78, 5) is 0. The number of aliphatic hydroxyl groups excluding tert-OH is 1. The van der Waals surface area contributed by atoms with Crippen molar-refractivity contribution in [3.8, 4) is 0 Å². The first-order valence-electron chi connectivity index (χ1n) is 4.72. The molecule has 0 aliphatic heterocycles. The van der Waals surface area contributed by atoms with Gasteiger partial charge >= 0.3 is 0 Å². The molecule has 14 heavy (non-hydrogen) atoms. The molecule has 0 fully saturated rings. The van der Waals surface area contributed by atoms with Gasteiger partial charge in [-0.05, 0) is 24.6 Å². The van der Waals surface area contributed by atoms with Crippen molar-refractivity contribution in [3.63, 3.8) is 0 Å². The molecule has 0 saturated carbocycles. The molecule has 1 heterocycles. The molecule has 0 unspecified atom stereocenters. The highest BCUT2D eigenvalue weighted by Crippen LogP contribution is 2.19. The number of fused-ring (bicyclic) bond motifs is 1. The van der Waals surface area contributed by atoms with Crippen molar-refractivity contribution < 1.29 is 9.52 Å². The van der Waals surface area contributed by atoms with E-state index in [0.29, 0.717) is 0 Å². The first kappa shape index (κ1) is 9.09. The summed E-state index contributed by atoms with van der Waals surface area (Å²) in [6.07, 6.45) is 2.44. The minimum atomic E-state index is 0.218. The predicted molar refractivity (Wildman–Crippen MR) is 56.4 cm³/mol. The van der Waals surface area contributed by atoms with E-state index in [0.717, 1.165) is 29.6 Å². The molecule has 0 bridgehead atoms. The van der Waals surface area contributed by atoms with Gasteiger partial charge in [0, 0.05) is 30.3 Å². The Morgan fingerprint density at radius 2 is 2.21 bits per heavy atom. The van der Waals surface area contributed by atoms with E-state index in [9.17, 15) is 0 Å². The van der Waals surface area contributed by atoms with Crippen molar-refractivity contribution in [2.24, 2.45) is 0 Å². The van der Waals surface area contributed by atoms with Crippen LogP contribution in [0.3, 0.4) is 0 Å². The monoisotopic (exact) mass is 191 g/mol. The van der Waals surface area contributed by atoms with Crippen LogP contribution < -0.4 is 5.32 Å². The minimum Gasteiger partial charge on any atom is -0.464 e. The summed E-state index contributed by atoms with van der Waals surface area (Å²) in [6.45, 7) is 0.999. The Morgan fingerprint density at radius 3 is 3.07 bits per heavy atom. The van der Waals surface area contributed by atoms with Crippen molar-refractivity contribution in [1.29, 1.82) is 0 Å². The highest BCUT2D eigenvalue weighted by molar-refractivity contribution is 5.80. The summed E-state index contributed by atoms with van der Waals surface area (Å²) in [5.74, 6) is 0. The maximum Gasteiger partial charge on any atom is 0.135 e. The molecular formula is C11H13NO2. The van der Waals surface area contributed by atoms with Gasteiger partial charge in [0.05, 0.1) is 6.26 Å². The van der Waals surface area contributed by atoms with Gasteiger partial charge in [-0.25, -0.2) is 0 Å². The molecule has 2 N–H and O–H groups in total. The zero-order valence-electron chi connectivity index (χ0n) is 7.86. The van der Waals surface area contributed by atoms with E-state index >= 15 is 0 Å². The van der Waals surface area contributed by atoms with Crippen molar-refractivity contribution >= 4 is 16.7 Å². The number of furan rings is 1. The molecule has 0 spiro atoms. The van der Waals surface area contributed by atoms with Crippen LogP contribution in [0.25, 0.3) is 11.0 Å². The fourth-order valence-electron chi connectivity index (χ4n) is 1.38. The Kier molecular flexibility index (Phi) is 2.70. The third-order valence-electron chi connectivity index (χ3n) is 2.12. The SMILES string of the molecule is OCCCNc1ccc2ccoc2c1. The van der Waals surface area contributed by atoms with Gasteiger partial charge in [0.2, 0.25) is 0 Å². The predicted octanol–water partition coefficient (Wildman–Crippen LogP) is 2.23. The van der Waals surface area contributed by atoms with Crippen LogP contribution in [0.4, 0.5) is 5.69 Å². The Bertz CT molecular complexity index is 408. The van der Waals surface area contributed by atoms with E-state index in [4.69, 9.17) is 9.52 Å². The van der Waals surface area contributed by atoms with Crippen molar-refractivity contribution in [3.05, 3.63) is 30.5 Å². The zero-order valence-corrected chi connectivity index (χ0v) is 7.86. The number of hydrogen-bond donors (Lipinski definition) is 2. The maximum absolute atomic E-state index is 8.62. The van der Waals surface area contributed by atoms with E-state index in [1.807, 2.05) is 24.3 Å². The van der Waals surface area contributed by atoms with Crippen molar-refractivity contribution in [2.45, 2.75) is 6.42 Å². The summed E-state index contributed by atoms with van der Waals surface area (Å²) >= 11 is 0. The van der Waals surface area contributed by atoms with Crippen LogP contribution in [-0.2, 0) is 0 Å². The second-order valence-electron chi connectivity index (χ2n) is 3.18. The third kappa shape index (κ3) is 1.88. The maximum atomic E-state index is 8.62. The number of rotatable bonds is 4. The topological polar surface area (TPSA) is 45.4 Å². The van der Waals surface area contributed by atoms with Gasteiger partial charge in [-0.2, -0.15) is 0 Å². The van der Waals surface area contributed by atoms with Gasteiger partial charge in [0.25, 0.3) is 0 Å². The summed E-state index contributed by atoms with van der Waals surface area (Å²) < 4.78 is 5.28. The smallest absolute Gasteiger partial charge is 0.135 e. The fourth-order valence-corrected chi connectivity index (χ4v) is 1.38. The molecule has 74 valence electrons. The van der Waals surface area contributed by atoms with E-state index < -0.39 is 0 Å². The Hall–Kier alpha value is -1.48. The number of hydrogen-bond acceptors (Lipinski definition) is 3. The fraction of sp³-hybridized carbons (Fsp3) is 0.273. The average molecular weight is 191 g/mol. The quantitative estimate of drug-likeness (QED) is 0.728. The van der Waals surface area contributed by atoms with Crippen LogP contribution in [0.1, 0.15) is 6.42 Å². The molecule has 1 aromatic heterocycles. The molecule has 0 amide bonds. The molecule has 0 aliphatic carbocycles. The van der Waals surface area contributed by atoms with Gasteiger partial charge < -0.3 is 14.8 Å². The second kappa shape index (κ2) is 4.15. The molecule has 0 atom stereocenters. The number of benzene rings is 1. The summed E-state index contributed by atoms with van der Waals surface area (Å²) in [5.41, 5.74) is 1.92. The van der Waals surface area contributed by atoms with E-state index in [1.54, 1.807) is 6.26 Å². The Balaban J connectivity index is 2.10. The third-order valence-corrected chi connectivity index (χ3v) is 2.12. The lowest BCUT2D eigenvalue weighted by molar-refractivity contribution is 0.292. The van der Waals surface area contributed by atoms with Gasteiger partial charge in [-0.1, -0.05) is 0 Å². The molecule has 0 radical (unpaired) electrons. The molecule has 0 saturated heterocycles. The van der Waals surface area contributed by atoms with Crippen LogP contribution in [0.15, 0.2) is 34.9 Å². The summed E-state index contributed by atoms with van der Waals surface area (Å²) in [5, 5.41) is 12.9. The Labute approximate surface area is 82.3 Å². The van der Waals surface area contributed by atoms with Gasteiger partial charge in [-0.15, -0.1) is 0 Å². The number of nitrogens with one attached hydrogen (secondary N) is 1. The van der Waals surface area contributed by atoms with E-state index in [-0.39, 0.29) is 6.61 Å². The average Bonchev–Trinajstić information content (AvgIpc) is 2.65. The zero-order chi connectivity index (χ0) is 9.80. The first-order valence-corrected chi connectivity index (χ1v) is 4.72. The highest BCUT2D eigenvalue weighted by atomic mass is 16.3. The lowest BCUT2D eigenvalue weighted by Gasteiger charge is -2.04. The van der Waals surface area contributed by atoms with Crippen LogP contribution in [0.2, 0.25) is 0 Å². The van der Waals surface area contributed by atoms with Crippen LogP contribution >= 0.6 is 0 Å². The normalized spacial score (nSPS) is 10.6. The van der Waals surface area contributed by atoms with Gasteiger partial charge in [-0.3, -0.25) is 0 Å². The number of anilines is 1. The van der Waals surface area contributed by atoms with Crippen molar-refractivity contribution in [1.82, 2.24) is 0 Å². The largest absolute Gasteiger partial charge is 0.464 e. The van der Waals surface area contributed by atoms with Crippen LogP contribution in [0, 0.1) is 0 Å². The molecule has 1 aromatic carbocycles. The standard InChI is InChI=1S/C11H13NO2/c13-6-1-5-12-10-3-2-9-4-7-14-11(9)8-10/h2-4,7-8,12-13H,1,5-6H2. The molecule has 2 rings (SSSR count). The van der Waals surface area contributed by atoms with Gasteiger partial charge in [0.1, 0.15) is 5.58 Å². The molecule has 2 aromatic rings. The molecular weight excluding hydrogens is 178 g/mol. The van der Waals surface area contributed by atoms with Crippen molar-refractivity contribution in [2.75, 3.05) is 18.5 Å². The lowest BCUT2D eigenvalue weighted by Crippen LogP contribution is -2.02. The molecule has 3 heteroatoms. The van der Waals surface area contributed by atoms with E-state index in [1.165, 1.54) is 0 Å². The van der Waals surface area contributed by atoms with E-state index in [2.05, 4.69) is 5.32 Å². The number of aliphatic hydroxyl groups is 1. The summed E-state index contributed by atoms with van der Waals surface area (Å²) in [6, 6.07) is 7.93. The second-order valence-corrected chi connectivity index (χ2v) is 3.18. The van der Waals surface area contributed by atoms with Gasteiger partial charge in [0.15, 0.2) is 0 Å². The minimum absolute atomic E-state index is 0.218. The molecule has 3 nitrogen and oxygen atoms in total. The van der Waals surface area contributed by atoms with Crippen LogP contribution in [0.5, 0.6) is 0 Å². The highest BCUT2D eigenvalue weighted by Gasteiger charge is 1.97. The lowest BCUT2D eigenvalue weighted by atomic mass is 10.2. The first-order chi connectivity index (χ1) is 6.90. The summed E-state index contributed by atoms with van der Waals surface area (Å²) in [7, 11) is 0. The Morgan fingerprint density at radius 1 is 1.29 bits per heavy atom. The molecule has 0 aliphatic rings.